The first-order valence-electron chi connectivity index (χ1n) is 5.22. The average Bonchev–Trinajstić information content (AvgIpc) is 2.78. The third-order valence-electron chi connectivity index (χ3n) is 2.82. The maximum atomic E-state index is 12.6. The van der Waals surface area contributed by atoms with E-state index in [0.717, 1.165) is 6.42 Å². The molecule has 1 fully saturated rings. The number of methoxy groups -OCH3 is 1. The largest absolute Gasteiger partial charge is 0.378 e. The Morgan fingerprint density at radius 1 is 1.62 bits per heavy atom. The van der Waals surface area contributed by atoms with Crippen LogP contribution in [0.3, 0.4) is 0 Å². The number of pyridine rings is 1. The van der Waals surface area contributed by atoms with E-state index in [2.05, 4.69) is 10.3 Å². The van der Waals surface area contributed by atoms with E-state index in [9.17, 15) is 4.39 Å². The van der Waals surface area contributed by atoms with Crippen molar-refractivity contribution in [3.05, 3.63) is 24.1 Å². The zero-order chi connectivity index (χ0) is 11.4. The quantitative estimate of drug-likeness (QED) is 0.843. The first kappa shape index (κ1) is 11.3. The molecular weight excluding hydrogens is 211 g/mol. The molecule has 1 N–H and O–H groups in total. The highest BCUT2D eigenvalue weighted by Gasteiger charge is 2.34. The van der Waals surface area contributed by atoms with Crippen LogP contribution < -0.4 is 5.32 Å². The lowest BCUT2D eigenvalue weighted by Crippen LogP contribution is -2.39. The Bertz CT molecular complexity index is 336. The molecule has 88 valence electrons. The standard InChI is InChI=1S/C11H15FN2O2/c1-15-11(4-5-16-8-11)7-14-10-3-2-9(12)6-13-10/h2-3,6H,4-5,7-8H2,1H3,(H,13,14). The molecule has 0 saturated carbocycles. The van der Waals surface area contributed by atoms with Gasteiger partial charge in [0.1, 0.15) is 17.2 Å². The van der Waals surface area contributed by atoms with E-state index in [1.54, 1.807) is 13.2 Å². The molecular formula is C11H15FN2O2. The van der Waals surface area contributed by atoms with Gasteiger partial charge >= 0.3 is 0 Å². The minimum absolute atomic E-state index is 0.282. The van der Waals surface area contributed by atoms with Gasteiger partial charge in [0, 0.05) is 26.7 Å². The van der Waals surface area contributed by atoms with Crippen LogP contribution in [0.25, 0.3) is 0 Å². The van der Waals surface area contributed by atoms with Crippen LogP contribution in [0.15, 0.2) is 18.3 Å². The van der Waals surface area contributed by atoms with Crippen molar-refractivity contribution in [2.24, 2.45) is 0 Å². The van der Waals surface area contributed by atoms with Gasteiger partial charge in [-0.25, -0.2) is 9.37 Å². The smallest absolute Gasteiger partial charge is 0.141 e. The van der Waals surface area contributed by atoms with E-state index in [1.165, 1.54) is 12.3 Å². The van der Waals surface area contributed by atoms with Gasteiger partial charge in [-0.2, -0.15) is 0 Å². The Morgan fingerprint density at radius 3 is 3.06 bits per heavy atom. The Labute approximate surface area is 93.8 Å². The highest BCUT2D eigenvalue weighted by molar-refractivity contribution is 5.34. The maximum Gasteiger partial charge on any atom is 0.141 e. The summed E-state index contributed by atoms with van der Waals surface area (Å²) in [6.45, 7) is 1.91. The summed E-state index contributed by atoms with van der Waals surface area (Å²) in [5, 5.41) is 3.12. The van der Waals surface area contributed by atoms with Crippen LogP contribution in [0.4, 0.5) is 10.2 Å². The van der Waals surface area contributed by atoms with Crippen molar-refractivity contribution in [1.29, 1.82) is 0 Å². The molecule has 0 spiro atoms. The van der Waals surface area contributed by atoms with Gasteiger partial charge in [0.15, 0.2) is 0 Å². The van der Waals surface area contributed by atoms with Gasteiger partial charge in [0.2, 0.25) is 0 Å². The third-order valence-corrected chi connectivity index (χ3v) is 2.82. The molecule has 0 bridgehead atoms. The molecule has 1 aliphatic heterocycles. The second-order valence-corrected chi connectivity index (χ2v) is 3.90. The Kier molecular flexibility index (Phi) is 3.36. The van der Waals surface area contributed by atoms with Gasteiger partial charge < -0.3 is 14.8 Å². The van der Waals surface area contributed by atoms with Crippen LogP contribution in [-0.4, -0.2) is 37.5 Å². The van der Waals surface area contributed by atoms with Gasteiger partial charge in [-0.15, -0.1) is 0 Å². The molecule has 1 aliphatic rings. The summed E-state index contributed by atoms with van der Waals surface area (Å²) in [5.41, 5.74) is -0.282. The van der Waals surface area contributed by atoms with E-state index in [1.807, 2.05) is 0 Å². The SMILES string of the molecule is COC1(CNc2ccc(F)cn2)CCOC1. The van der Waals surface area contributed by atoms with Crippen LogP contribution in [-0.2, 0) is 9.47 Å². The highest BCUT2D eigenvalue weighted by Crippen LogP contribution is 2.22. The van der Waals surface area contributed by atoms with Crippen LogP contribution in [0.5, 0.6) is 0 Å². The summed E-state index contributed by atoms with van der Waals surface area (Å²) in [7, 11) is 1.68. The number of nitrogens with one attached hydrogen (secondary N) is 1. The van der Waals surface area contributed by atoms with E-state index in [0.29, 0.717) is 25.6 Å². The predicted octanol–water partition coefficient (Wildman–Crippen LogP) is 1.44. The summed E-state index contributed by atoms with van der Waals surface area (Å²) in [4.78, 5) is 3.92. The molecule has 1 aromatic rings. The molecule has 0 aliphatic carbocycles. The fourth-order valence-corrected chi connectivity index (χ4v) is 1.69. The molecule has 1 unspecified atom stereocenters. The summed E-state index contributed by atoms with van der Waals surface area (Å²) in [5.74, 6) is 0.306. The number of hydrogen-bond donors (Lipinski definition) is 1. The van der Waals surface area contributed by atoms with Gasteiger partial charge in [0.25, 0.3) is 0 Å². The summed E-state index contributed by atoms with van der Waals surface area (Å²) >= 11 is 0. The molecule has 2 rings (SSSR count). The van der Waals surface area contributed by atoms with Gasteiger partial charge in [-0.1, -0.05) is 0 Å². The minimum Gasteiger partial charge on any atom is -0.378 e. The van der Waals surface area contributed by atoms with E-state index in [4.69, 9.17) is 9.47 Å². The zero-order valence-corrected chi connectivity index (χ0v) is 9.20. The average molecular weight is 226 g/mol. The van der Waals surface area contributed by atoms with Crippen molar-refractivity contribution < 1.29 is 13.9 Å². The molecule has 0 radical (unpaired) electrons. The third kappa shape index (κ3) is 2.48. The monoisotopic (exact) mass is 226 g/mol. The number of rotatable bonds is 4. The lowest BCUT2D eigenvalue weighted by molar-refractivity contribution is -0.00625. The summed E-state index contributed by atoms with van der Waals surface area (Å²) in [6, 6.07) is 2.98. The lowest BCUT2D eigenvalue weighted by atomic mass is 10.0. The number of ether oxygens (including phenoxy) is 2. The summed E-state index contributed by atoms with van der Waals surface area (Å²) in [6.07, 6.45) is 2.05. The maximum absolute atomic E-state index is 12.6. The van der Waals surface area contributed by atoms with Crippen LogP contribution in [0.2, 0.25) is 0 Å². The molecule has 0 amide bonds. The van der Waals surface area contributed by atoms with Crippen molar-refractivity contribution in [1.82, 2.24) is 4.98 Å². The van der Waals surface area contributed by atoms with Gasteiger partial charge in [0.05, 0.1) is 12.8 Å². The molecule has 1 aromatic heterocycles. The Hall–Kier alpha value is -1.20. The van der Waals surface area contributed by atoms with Crippen LogP contribution in [0, 0.1) is 5.82 Å². The molecule has 1 saturated heterocycles. The van der Waals surface area contributed by atoms with Gasteiger partial charge in [-0.05, 0) is 12.1 Å². The summed E-state index contributed by atoms with van der Waals surface area (Å²) < 4.78 is 23.4. The normalized spacial score (nSPS) is 24.6. The fraction of sp³-hybridized carbons (Fsp3) is 0.545. The molecule has 1 atom stereocenters. The number of halogens is 1. The first-order valence-corrected chi connectivity index (χ1v) is 5.22. The number of anilines is 1. The van der Waals surface area contributed by atoms with Crippen molar-refractivity contribution in [3.8, 4) is 0 Å². The van der Waals surface area contributed by atoms with Crippen LogP contribution >= 0.6 is 0 Å². The number of nitrogens with zero attached hydrogens (tertiary/aromatic N) is 1. The van der Waals surface area contributed by atoms with Crippen molar-refractivity contribution in [2.75, 3.05) is 32.2 Å². The van der Waals surface area contributed by atoms with Crippen LogP contribution in [0.1, 0.15) is 6.42 Å². The topological polar surface area (TPSA) is 43.4 Å². The minimum atomic E-state index is -0.337. The van der Waals surface area contributed by atoms with E-state index in [-0.39, 0.29) is 11.4 Å². The van der Waals surface area contributed by atoms with Crippen molar-refractivity contribution in [3.63, 3.8) is 0 Å². The fourth-order valence-electron chi connectivity index (χ4n) is 1.69. The predicted molar refractivity (Wildman–Crippen MR) is 57.9 cm³/mol. The molecule has 2 heterocycles. The first-order chi connectivity index (χ1) is 7.74. The highest BCUT2D eigenvalue weighted by atomic mass is 19.1. The Balaban J connectivity index is 1.93. The lowest BCUT2D eigenvalue weighted by Gasteiger charge is -2.26. The number of aromatic nitrogens is 1. The molecule has 16 heavy (non-hydrogen) atoms. The van der Waals surface area contributed by atoms with Gasteiger partial charge in [-0.3, -0.25) is 0 Å². The van der Waals surface area contributed by atoms with E-state index < -0.39 is 0 Å². The van der Waals surface area contributed by atoms with Crippen molar-refractivity contribution in [2.45, 2.75) is 12.0 Å². The Morgan fingerprint density at radius 2 is 2.50 bits per heavy atom. The second-order valence-electron chi connectivity index (χ2n) is 3.90. The second kappa shape index (κ2) is 4.76. The van der Waals surface area contributed by atoms with Crippen molar-refractivity contribution >= 4 is 5.82 Å². The molecule has 4 nitrogen and oxygen atoms in total. The molecule has 0 aromatic carbocycles. The zero-order valence-electron chi connectivity index (χ0n) is 9.20. The van der Waals surface area contributed by atoms with E-state index >= 15 is 0 Å². The molecule has 5 heteroatoms. The number of hydrogen-bond acceptors (Lipinski definition) is 4.